The lowest BCUT2D eigenvalue weighted by atomic mass is 9.68. The Hall–Kier alpha value is -0.780. The molecule has 0 radical (unpaired) electrons. The number of rotatable bonds is 8. The van der Waals surface area contributed by atoms with E-state index in [1.54, 1.807) is 24.0 Å². The van der Waals surface area contributed by atoms with Crippen molar-refractivity contribution < 1.29 is 0 Å². The average molecular weight is 423 g/mol. The van der Waals surface area contributed by atoms with E-state index in [-0.39, 0.29) is 0 Å². The van der Waals surface area contributed by atoms with Crippen LogP contribution in [0.1, 0.15) is 134 Å². The van der Waals surface area contributed by atoms with Crippen molar-refractivity contribution in [3.63, 3.8) is 0 Å². The Bertz CT molecular complexity index is 604. The third-order valence-corrected chi connectivity index (χ3v) is 9.86. The lowest BCUT2D eigenvalue weighted by Crippen LogP contribution is -2.25. The molecule has 4 rings (SSSR count). The molecule has 0 heterocycles. The predicted octanol–water partition coefficient (Wildman–Crippen LogP) is 9.72. The Balaban J connectivity index is 1.15. The van der Waals surface area contributed by atoms with Crippen molar-refractivity contribution in [3.05, 3.63) is 35.4 Å². The van der Waals surface area contributed by atoms with Gasteiger partial charge in [-0.15, -0.1) is 0 Å². The van der Waals surface area contributed by atoms with Crippen molar-refractivity contribution in [2.24, 2.45) is 29.6 Å². The maximum atomic E-state index is 2.48. The fourth-order valence-electron chi connectivity index (χ4n) is 7.54. The molecule has 0 amide bonds. The van der Waals surface area contributed by atoms with Gasteiger partial charge in [-0.25, -0.2) is 0 Å². The van der Waals surface area contributed by atoms with Crippen LogP contribution >= 0.6 is 0 Å². The van der Waals surface area contributed by atoms with Crippen LogP contribution in [0.4, 0.5) is 0 Å². The standard InChI is InChI=1S/C31H50/c1-3-5-25-10-18-29(19-11-25)31-22-14-27(15-23-31)7-6-26-12-20-30(21-13-26)28-16-8-24(4-2)9-17-28/h14-15,22-26,28-30H,3-13,16-21H2,1-2H3/t24-,25-,26-,28-,29-,30-. The maximum absolute atomic E-state index is 2.48. The molecule has 3 aliphatic rings. The molecule has 0 spiro atoms. The van der Waals surface area contributed by atoms with Gasteiger partial charge in [-0.3, -0.25) is 0 Å². The minimum atomic E-state index is 0.838. The highest BCUT2D eigenvalue weighted by molar-refractivity contribution is 5.26. The Morgan fingerprint density at radius 3 is 1.65 bits per heavy atom. The third kappa shape index (κ3) is 6.61. The summed E-state index contributed by atoms with van der Waals surface area (Å²) in [6, 6.07) is 9.88. The summed E-state index contributed by atoms with van der Waals surface area (Å²) in [5.41, 5.74) is 3.21. The first-order chi connectivity index (χ1) is 15.2. The molecule has 0 saturated heterocycles. The lowest BCUT2D eigenvalue weighted by molar-refractivity contribution is 0.142. The normalized spacial score (nSPS) is 34.5. The molecular formula is C31H50. The van der Waals surface area contributed by atoms with E-state index in [0.717, 1.165) is 35.5 Å². The summed E-state index contributed by atoms with van der Waals surface area (Å²) >= 11 is 0. The zero-order valence-electron chi connectivity index (χ0n) is 20.8. The van der Waals surface area contributed by atoms with Crippen LogP contribution in [0.25, 0.3) is 0 Å². The van der Waals surface area contributed by atoms with Gasteiger partial charge in [0.25, 0.3) is 0 Å². The lowest BCUT2D eigenvalue weighted by Gasteiger charge is -2.37. The molecule has 1 aromatic rings. The van der Waals surface area contributed by atoms with Crippen molar-refractivity contribution in [3.8, 4) is 0 Å². The fraction of sp³-hybridized carbons (Fsp3) is 0.806. The molecule has 0 nitrogen and oxygen atoms in total. The van der Waals surface area contributed by atoms with Crippen LogP contribution in [0.2, 0.25) is 0 Å². The van der Waals surface area contributed by atoms with Crippen LogP contribution in [-0.4, -0.2) is 0 Å². The molecule has 174 valence electrons. The monoisotopic (exact) mass is 422 g/mol. The summed E-state index contributed by atoms with van der Waals surface area (Å²) in [7, 11) is 0. The highest BCUT2D eigenvalue weighted by Gasteiger charge is 2.30. The summed E-state index contributed by atoms with van der Waals surface area (Å²) in [6.07, 6.45) is 25.0. The second kappa shape index (κ2) is 11.9. The summed E-state index contributed by atoms with van der Waals surface area (Å²) in [4.78, 5) is 0. The molecule has 0 unspecified atom stereocenters. The van der Waals surface area contributed by atoms with Crippen molar-refractivity contribution in [2.45, 2.75) is 129 Å². The Morgan fingerprint density at radius 2 is 1.10 bits per heavy atom. The average Bonchev–Trinajstić information content (AvgIpc) is 2.84. The van der Waals surface area contributed by atoms with Crippen LogP contribution in [-0.2, 0) is 6.42 Å². The molecule has 0 heteroatoms. The quantitative estimate of drug-likeness (QED) is 0.391. The topological polar surface area (TPSA) is 0 Å². The van der Waals surface area contributed by atoms with Gasteiger partial charge in [0.15, 0.2) is 0 Å². The fourth-order valence-corrected chi connectivity index (χ4v) is 7.54. The summed E-state index contributed by atoms with van der Waals surface area (Å²) in [5, 5.41) is 0. The zero-order chi connectivity index (χ0) is 21.5. The number of aryl methyl sites for hydroxylation is 1. The van der Waals surface area contributed by atoms with Gasteiger partial charge in [0.1, 0.15) is 0 Å². The van der Waals surface area contributed by atoms with Crippen molar-refractivity contribution in [1.82, 2.24) is 0 Å². The van der Waals surface area contributed by atoms with Gasteiger partial charge in [0.2, 0.25) is 0 Å². The van der Waals surface area contributed by atoms with E-state index in [1.807, 2.05) is 0 Å². The van der Waals surface area contributed by atoms with Gasteiger partial charge in [-0.2, -0.15) is 0 Å². The van der Waals surface area contributed by atoms with E-state index in [4.69, 9.17) is 0 Å². The predicted molar refractivity (Wildman–Crippen MR) is 136 cm³/mol. The maximum Gasteiger partial charge on any atom is -0.0162 e. The minimum Gasteiger partial charge on any atom is -0.0654 e. The molecule has 3 aliphatic carbocycles. The van der Waals surface area contributed by atoms with E-state index in [0.29, 0.717) is 0 Å². The highest BCUT2D eigenvalue weighted by Crippen LogP contribution is 2.43. The van der Waals surface area contributed by atoms with Crippen LogP contribution in [0, 0.1) is 29.6 Å². The molecule has 31 heavy (non-hydrogen) atoms. The van der Waals surface area contributed by atoms with Crippen molar-refractivity contribution >= 4 is 0 Å². The molecule has 1 aromatic carbocycles. The first-order valence-electron chi connectivity index (χ1n) is 14.3. The van der Waals surface area contributed by atoms with Gasteiger partial charge in [-0.1, -0.05) is 83.1 Å². The van der Waals surface area contributed by atoms with E-state index in [9.17, 15) is 0 Å². The smallest absolute Gasteiger partial charge is 0.0162 e. The number of hydrogen-bond acceptors (Lipinski definition) is 0. The molecule has 0 aromatic heterocycles. The van der Waals surface area contributed by atoms with Crippen molar-refractivity contribution in [1.29, 1.82) is 0 Å². The molecule has 3 fully saturated rings. The summed E-state index contributed by atoms with van der Waals surface area (Å²) in [6.45, 7) is 4.73. The molecular weight excluding hydrogens is 372 g/mol. The minimum absolute atomic E-state index is 0.838. The largest absolute Gasteiger partial charge is 0.0654 e. The second-order valence-electron chi connectivity index (χ2n) is 11.8. The van der Waals surface area contributed by atoms with E-state index >= 15 is 0 Å². The van der Waals surface area contributed by atoms with Crippen LogP contribution < -0.4 is 0 Å². The Kier molecular flexibility index (Phi) is 8.98. The van der Waals surface area contributed by atoms with E-state index in [1.165, 1.54) is 96.3 Å². The van der Waals surface area contributed by atoms with Crippen LogP contribution in [0.3, 0.4) is 0 Å². The summed E-state index contributed by atoms with van der Waals surface area (Å²) in [5.74, 6) is 6.05. The van der Waals surface area contributed by atoms with Crippen LogP contribution in [0.5, 0.6) is 0 Å². The third-order valence-electron chi connectivity index (χ3n) is 9.86. The number of hydrogen-bond donors (Lipinski definition) is 0. The van der Waals surface area contributed by atoms with Gasteiger partial charge < -0.3 is 0 Å². The summed E-state index contributed by atoms with van der Waals surface area (Å²) < 4.78 is 0. The Labute approximate surface area is 194 Å². The van der Waals surface area contributed by atoms with E-state index in [2.05, 4.69) is 38.1 Å². The molecule has 0 bridgehead atoms. The number of benzene rings is 1. The second-order valence-corrected chi connectivity index (χ2v) is 11.8. The molecule has 0 N–H and O–H groups in total. The first-order valence-corrected chi connectivity index (χ1v) is 14.3. The molecule has 3 saturated carbocycles. The van der Waals surface area contributed by atoms with Gasteiger partial charge in [-0.05, 0) is 111 Å². The zero-order valence-corrected chi connectivity index (χ0v) is 20.8. The molecule has 0 atom stereocenters. The Morgan fingerprint density at radius 1 is 0.581 bits per heavy atom. The van der Waals surface area contributed by atoms with Crippen molar-refractivity contribution in [2.75, 3.05) is 0 Å². The van der Waals surface area contributed by atoms with Gasteiger partial charge >= 0.3 is 0 Å². The van der Waals surface area contributed by atoms with E-state index < -0.39 is 0 Å². The first kappa shape index (κ1) is 23.4. The van der Waals surface area contributed by atoms with Gasteiger partial charge in [0, 0.05) is 0 Å². The molecule has 0 aliphatic heterocycles. The van der Waals surface area contributed by atoms with Gasteiger partial charge in [0.05, 0.1) is 0 Å². The SMILES string of the molecule is CCC[C@H]1CC[C@H](c2ccc(CC[C@H]3CC[C@H]([C@H]4CC[C@H](CC)CC4)CC3)cc2)CC1. The van der Waals surface area contributed by atoms with Crippen LogP contribution in [0.15, 0.2) is 24.3 Å². The highest BCUT2D eigenvalue weighted by atomic mass is 14.4.